The van der Waals surface area contributed by atoms with Crippen molar-refractivity contribution in [3.63, 3.8) is 0 Å². The van der Waals surface area contributed by atoms with Crippen LogP contribution in [-0.4, -0.2) is 120 Å². The predicted octanol–water partition coefficient (Wildman–Crippen LogP) is 10.4. The Balaban J connectivity index is 0.000000190. The van der Waals surface area contributed by atoms with Crippen molar-refractivity contribution in [2.24, 2.45) is 0 Å². The fraction of sp³-hybridized carbons (Fsp3) is 0.286. The molecule has 96 heavy (non-hydrogen) atoms. The summed E-state index contributed by atoms with van der Waals surface area (Å²) in [6, 6.07) is 39.5. The minimum Gasteiger partial charge on any atom is -0.368 e. The first kappa shape index (κ1) is 74.1. The lowest BCUT2D eigenvalue weighted by Gasteiger charge is -2.12. The molecule has 0 aliphatic carbocycles. The lowest BCUT2D eigenvalue weighted by Crippen LogP contribution is -2.16. The van der Waals surface area contributed by atoms with E-state index in [0.717, 1.165) is 51.0 Å². The van der Waals surface area contributed by atoms with Gasteiger partial charge in [0.2, 0.25) is 89.2 Å². The fourth-order valence-electron chi connectivity index (χ4n) is 7.91. The summed E-state index contributed by atoms with van der Waals surface area (Å²) in [4.78, 5) is 62.8. The predicted molar refractivity (Wildman–Crippen MR) is 391 cm³/mol. The molecule has 0 unspecified atom stereocenters. The number of benzene rings is 5. The normalized spacial score (nSPS) is 10.5. The fourth-order valence-corrected chi connectivity index (χ4v) is 8.29. The van der Waals surface area contributed by atoms with Crippen molar-refractivity contribution in [2.75, 3.05) is 109 Å². The van der Waals surface area contributed by atoms with E-state index in [0.29, 0.717) is 78.2 Å². The molecule has 5 aromatic carbocycles. The number of nitrogens with zero attached hydrogens (tertiary/aromatic N) is 16. The van der Waals surface area contributed by atoms with E-state index in [1.165, 1.54) is 11.1 Å². The molecule has 0 saturated heterocycles. The molecule has 0 aliphatic heterocycles. The van der Waals surface area contributed by atoms with E-state index in [1.54, 1.807) is 4.90 Å². The molecule has 0 fully saturated rings. The number of nitrogens with one attached hydrogen (secondary N) is 8. The second-order valence-corrected chi connectivity index (χ2v) is 23.4. The average molecular weight is 1370 g/mol. The quantitative estimate of drug-likeness (QED) is 0.0300. The number of nitrogen functional groups attached to an aromatic ring is 6. The molecule has 0 spiro atoms. The van der Waals surface area contributed by atoms with E-state index in [4.69, 9.17) is 69.2 Å². The third-order valence-electron chi connectivity index (χ3n) is 12.1. The number of aromatic nitrogens is 15. The second kappa shape index (κ2) is 37.6. The first-order valence-electron chi connectivity index (χ1n) is 30.2. The number of halogens is 3. The molecule has 33 heteroatoms. The molecule has 20 N–H and O–H groups in total. The van der Waals surface area contributed by atoms with Crippen LogP contribution in [0, 0.1) is 13.8 Å². The highest BCUT2D eigenvalue weighted by molar-refractivity contribution is 6.31. The third kappa shape index (κ3) is 28.5. The molecule has 10 rings (SSSR count). The lowest BCUT2D eigenvalue weighted by molar-refractivity contribution is 0.866. The van der Waals surface area contributed by atoms with Crippen LogP contribution < -0.4 is 81.8 Å². The molecule has 0 amide bonds. The van der Waals surface area contributed by atoms with Gasteiger partial charge in [-0.15, -0.1) is 0 Å². The zero-order valence-corrected chi connectivity index (χ0v) is 57.3. The molecular weight excluding hydrogens is 1280 g/mol. The topological polar surface area (TPSA) is 449 Å². The number of hydrogen-bond donors (Lipinski definition) is 14. The number of hydrogen-bond acceptors (Lipinski definition) is 30. The van der Waals surface area contributed by atoms with Crippen LogP contribution in [0.3, 0.4) is 0 Å². The van der Waals surface area contributed by atoms with Gasteiger partial charge in [-0.05, 0) is 157 Å². The van der Waals surface area contributed by atoms with Gasteiger partial charge in [-0.1, -0.05) is 95.5 Å². The van der Waals surface area contributed by atoms with Gasteiger partial charge in [-0.2, -0.15) is 74.8 Å². The molecular formula is C63H83Cl3N30. The monoisotopic (exact) mass is 1360 g/mol. The molecule has 0 radical (unpaired) electrons. The molecule has 5 heterocycles. The second-order valence-electron chi connectivity index (χ2n) is 22.1. The summed E-state index contributed by atoms with van der Waals surface area (Å²) in [7, 11) is 3.70. The maximum atomic E-state index is 5.85. The number of anilines is 17. The average Bonchev–Trinajstić information content (AvgIpc) is 0.936. The Morgan fingerprint density at radius 1 is 0.354 bits per heavy atom. The van der Waals surface area contributed by atoms with Gasteiger partial charge in [0, 0.05) is 78.3 Å². The minimum atomic E-state index is 0.108. The maximum Gasteiger partial charge on any atom is 0.233 e. The van der Waals surface area contributed by atoms with Gasteiger partial charge in [0.1, 0.15) is 0 Å². The van der Waals surface area contributed by atoms with E-state index in [1.807, 2.05) is 191 Å². The molecule has 0 saturated carbocycles. The van der Waals surface area contributed by atoms with Crippen LogP contribution in [0.15, 0.2) is 121 Å². The summed E-state index contributed by atoms with van der Waals surface area (Å²) in [5.74, 6) is 5.09. The molecule has 0 aliphatic rings. The summed E-state index contributed by atoms with van der Waals surface area (Å²) < 4.78 is 0. The zero-order valence-electron chi connectivity index (χ0n) is 55.1. The van der Waals surface area contributed by atoms with Crippen LogP contribution in [0.1, 0.15) is 69.4 Å². The van der Waals surface area contributed by atoms with E-state index < -0.39 is 0 Å². The molecule has 506 valence electrons. The Kier molecular flexibility index (Phi) is 29.0. The Bertz CT molecular complexity index is 3980. The van der Waals surface area contributed by atoms with Crippen molar-refractivity contribution in [1.29, 1.82) is 0 Å². The van der Waals surface area contributed by atoms with Crippen LogP contribution in [-0.2, 0) is 19.4 Å². The highest BCUT2D eigenvalue weighted by Gasteiger charge is 2.11. The van der Waals surface area contributed by atoms with Crippen LogP contribution in [0.25, 0.3) is 0 Å². The summed E-state index contributed by atoms with van der Waals surface area (Å²) in [6.45, 7) is 18.0. The van der Waals surface area contributed by atoms with Gasteiger partial charge < -0.3 is 81.8 Å². The highest BCUT2D eigenvalue weighted by atomic mass is 35.5. The first-order valence-corrected chi connectivity index (χ1v) is 31.3. The molecule has 30 nitrogen and oxygen atoms in total. The van der Waals surface area contributed by atoms with E-state index >= 15 is 0 Å². The molecule has 0 bridgehead atoms. The first-order chi connectivity index (χ1) is 45.7. The smallest absolute Gasteiger partial charge is 0.233 e. The van der Waals surface area contributed by atoms with Crippen LogP contribution >= 0.6 is 34.8 Å². The van der Waals surface area contributed by atoms with Gasteiger partial charge in [0.25, 0.3) is 0 Å². The van der Waals surface area contributed by atoms with Gasteiger partial charge in [-0.25, -0.2) is 0 Å². The van der Waals surface area contributed by atoms with E-state index in [-0.39, 0.29) is 53.8 Å². The minimum absolute atomic E-state index is 0.108. The zero-order chi connectivity index (χ0) is 69.7. The van der Waals surface area contributed by atoms with Crippen molar-refractivity contribution >= 4 is 135 Å². The summed E-state index contributed by atoms with van der Waals surface area (Å²) in [5, 5.41) is 27.0. The van der Waals surface area contributed by atoms with E-state index in [2.05, 4.69) is 117 Å². The SMILES string of the molecule is CC(C)Nc1nc(N)nc(NCCc2ccc(Cl)cc2)n1.CC(C)Nc1nc(N)nc(NCc2ccc(Cl)cc2)n1.Cc1cccc(Nc2nc(N)nc(N(C)C)n2)c1.Cc1cccc(Nc2nc(N)nc(NC(C)C)n2)c1.Nc1nc(N)nc(NCCc2ccc(Cl)cc2)n1. The number of nitrogens with two attached hydrogens (primary N) is 6. The van der Waals surface area contributed by atoms with Gasteiger partial charge >= 0.3 is 0 Å². The molecule has 0 atom stereocenters. The number of aryl methyl sites for hydroxylation is 2. The Morgan fingerprint density at radius 3 is 1.04 bits per heavy atom. The largest absolute Gasteiger partial charge is 0.368 e. The van der Waals surface area contributed by atoms with Crippen molar-refractivity contribution in [2.45, 2.75) is 92.9 Å². The third-order valence-corrected chi connectivity index (χ3v) is 12.8. The van der Waals surface area contributed by atoms with Crippen molar-refractivity contribution in [1.82, 2.24) is 74.8 Å². The van der Waals surface area contributed by atoms with E-state index in [9.17, 15) is 0 Å². The summed E-state index contributed by atoms with van der Waals surface area (Å²) in [5.41, 5.74) is 41.2. The highest BCUT2D eigenvalue weighted by Crippen LogP contribution is 2.20. The van der Waals surface area contributed by atoms with Gasteiger partial charge in [0.05, 0.1) is 0 Å². The van der Waals surface area contributed by atoms with Crippen molar-refractivity contribution in [3.05, 3.63) is 164 Å². The lowest BCUT2D eigenvalue weighted by atomic mass is 10.1. The summed E-state index contributed by atoms with van der Waals surface area (Å²) in [6.07, 6.45) is 1.67. The van der Waals surface area contributed by atoms with Crippen molar-refractivity contribution in [3.8, 4) is 0 Å². The Morgan fingerprint density at radius 2 is 0.667 bits per heavy atom. The van der Waals surface area contributed by atoms with Crippen LogP contribution in [0.2, 0.25) is 15.1 Å². The maximum absolute atomic E-state index is 5.85. The van der Waals surface area contributed by atoms with Gasteiger partial charge in [0.15, 0.2) is 0 Å². The molecule has 10 aromatic rings. The Labute approximate surface area is 573 Å². The Hall–Kier alpha value is -11.0. The standard InChI is InChI=1S/C14H19ClN6.C13H17ClN6.C13H18N6.C12H16N6.C11H13ClN6/c1-9(2)18-14-20-12(16)19-13(21-14)17-8-7-10-3-5-11(15)6-4-10;1-8(2)17-13-19-11(15)18-12(20-13)16-7-9-3-5-10(14)6-4-9;1-8(2)15-12-17-11(14)18-13(19-12)16-10-6-4-5-9(3)7-10;1-8-5-4-6-9(7-8)14-11-15-10(13)16-12(17-11)18(2)3;12-8-3-1-7(2-4-8)5-6-15-11-17-9(13)16-10(14)18-11/h3-6,9H,7-8H2,1-2H3,(H4,16,17,18,19,20,21);3-6,8H,7H2,1-2H3,(H4,15,16,17,18,19,20);4-8H,1-3H3,(H4,14,15,16,17,18,19);4-7H,1-3H3,(H3,13,14,15,16,17);1-4H,5-6H2,(H5,13,14,15,16,17,18). The summed E-state index contributed by atoms with van der Waals surface area (Å²) >= 11 is 17.5. The van der Waals surface area contributed by atoms with Crippen molar-refractivity contribution < 1.29 is 0 Å². The molecule has 5 aromatic heterocycles. The van der Waals surface area contributed by atoms with Crippen LogP contribution in [0.4, 0.5) is 101 Å². The van der Waals surface area contributed by atoms with Crippen LogP contribution in [0.5, 0.6) is 0 Å². The number of rotatable bonds is 22. The van der Waals surface area contributed by atoms with Gasteiger partial charge in [-0.3, -0.25) is 0 Å².